The summed E-state index contributed by atoms with van der Waals surface area (Å²) in [6.45, 7) is 3.00. The van der Waals surface area contributed by atoms with Crippen molar-refractivity contribution in [3.05, 3.63) is 33.8 Å². The van der Waals surface area contributed by atoms with E-state index in [-0.39, 0.29) is 11.1 Å². The summed E-state index contributed by atoms with van der Waals surface area (Å²) in [5, 5.41) is 3.39. The third-order valence-electron chi connectivity index (χ3n) is 3.66. The van der Waals surface area contributed by atoms with Crippen LogP contribution in [0.3, 0.4) is 0 Å². The topological polar surface area (TPSA) is 12.0 Å². The van der Waals surface area contributed by atoms with Crippen molar-refractivity contribution in [1.29, 1.82) is 0 Å². The molecule has 1 aliphatic heterocycles. The van der Waals surface area contributed by atoms with E-state index >= 15 is 0 Å². The van der Waals surface area contributed by atoms with Gasteiger partial charge in [-0.25, -0.2) is 8.78 Å². The lowest BCUT2D eigenvalue weighted by molar-refractivity contribution is 0.348. The molecule has 0 aliphatic carbocycles. The molecule has 1 fully saturated rings. The molecular formula is C13H16BrF2N. The van der Waals surface area contributed by atoms with E-state index in [1.807, 2.05) is 0 Å². The van der Waals surface area contributed by atoms with Gasteiger partial charge in [-0.2, -0.15) is 0 Å². The Hall–Kier alpha value is -0.480. The highest BCUT2D eigenvalue weighted by molar-refractivity contribution is 9.10. The monoisotopic (exact) mass is 303 g/mol. The Labute approximate surface area is 109 Å². The van der Waals surface area contributed by atoms with E-state index in [0.717, 1.165) is 25.8 Å². The molecule has 1 heterocycles. The molecule has 1 saturated heterocycles. The van der Waals surface area contributed by atoms with E-state index < -0.39 is 11.6 Å². The van der Waals surface area contributed by atoms with Gasteiger partial charge in [0.1, 0.15) is 11.6 Å². The van der Waals surface area contributed by atoms with Gasteiger partial charge in [-0.15, -0.1) is 0 Å². The Morgan fingerprint density at radius 3 is 2.76 bits per heavy atom. The summed E-state index contributed by atoms with van der Waals surface area (Å²) in [5.74, 6) is -0.918. The lowest BCUT2D eigenvalue weighted by Crippen LogP contribution is -2.41. The second-order valence-electron chi connectivity index (χ2n) is 4.66. The highest BCUT2D eigenvalue weighted by Crippen LogP contribution is 2.31. The molecule has 0 saturated carbocycles. The molecule has 1 atom stereocenters. The van der Waals surface area contributed by atoms with Gasteiger partial charge < -0.3 is 5.32 Å². The first-order valence-electron chi connectivity index (χ1n) is 5.95. The van der Waals surface area contributed by atoms with Crippen LogP contribution in [-0.2, 0) is 6.42 Å². The second-order valence-corrected chi connectivity index (χ2v) is 5.52. The molecule has 0 spiro atoms. The highest BCUT2D eigenvalue weighted by atomic mass is 79.9. The van der Waals surface area contributed by atoms with Crippen LogP contribution in [0.15, 0.2) is 16.6 Å². The van der Waals surface area contributed by atoms with Gasteiger partial charge in [-0.05, 0) is 60.3 Å². The summed E-state index contributed by atoms with van der Waals surface area (Å²) < 4.78 is 27.9. The molecule has 1 aliphatic rings. The number of nitrogens with one attached hydrogen (secondary N) is 1. The van der Waals surface area contributed by atoms with Gasteiger partial charge in [0.15, 0.2) is 0 Å². The average Bonchev–Trinajstić information content (AvgIpc) is 2.79. The maximum absolute atomic E-state index is 13.9. The Morgan fingerprint density at radius 2 is 2.18 bits per heavy atom. The molecule has 0 aromatic heterocycles. The van der Waals surface area contributed by atoms with E-state index in [4.69, 9.17) is 0 Å². The lowest BCUT2D eigenvalue weighted by Gasteiger charge is -2.28. The zero-order chi connectivity index (χ0) is 12.5. The van der Waals surface area contributed by atoms with Crippen LogP contribution in [0.1, 0.15) is 31.7 Å². The summed E-state index contributed by atoms with van der Waals surface area (Å²) in [5.41, 5.74) is 0.0540. The summed E-state index contributed by atoms with van der Waals surface area (Å²) in [6, 6.07) is 2.73. The Kier molecular flexibility index (Phi) is 3.83. The van der Waals surface area contributed by atoms with Crippen LogP contribution in [0.5, 0.6) is 0 Å². The van der Waals surface area contributed by atoms with Crippen molar-refractivity contribution in [1.82, 2.24) is 5.32 Å². The molecule has 0 amide bonds. The van der Waals surface area contributed by atoms with Crippen LogP contribution >= 0.6 is 15.9 Å². The van der Waals surface area contributed by atoms with Gasteiger partial charge >= 0.3 is 0 Å². The summed E-state index contributed by atoms with van der Waals surface area (Å²) in [7, 11) is 0. The molecule has 1 aromatic rings. The van der Waals surface area contributed by atoms with E-state index in [1.165, 1.54) is 12.1 Å². The van der Waals surface area contributed by atoms with Crippen molar-refractivity contribution in [3.8, 4) is 0 Å². The lowest BCUT2D eigenvalue weighted by atomic mass is 9.86. The fourth-order valence-electron chi connectivity index (χ4n) is 2.52. The van der Waals surface area contributed by atoms with Crippen molar-refractivity contribution in [3.63, 3.8) is 0 Å². The average molecular weight is 304 g/mol. The van der Waals surface area contributed by atoms with Crippen LogP contribution in [0, 0.1) is 11.6 Å². The van der Waals surface area contributed by atoms with Crippen LogP contribution in [0.25, 0.3) is 0 Å². The quantitative estimate of drug-likeness (QED) is 0.838. The van der Waals surface area contributed by atoms with Crippen LogP contribution in [-0.4, -0.2) is 12.1 Å². The van der Waals surface area contributed by atoms with Gasteiger partial charge in [-0.1, -0.05) is 6.92 Å². The Bertz CT molecular complexity index is 414. The number of rotatable bonds is 3. The zero-order valence-corrected chi connectivity index (χ0v) is 11.4. The minimum absolute atomic E-state index is 0.136. The first kappa shape index (κ1) is 13.0. The fourth-order valence-corrected chi connectivity index (χ4v) is 2.89. The van der Waals surface area contributed by atoms with Crippen LogP contribution in [0.2, 0.25) is 0 Å². The molecule has 2 rings (SSSR count). The standard InChI is InChI=1S/C13H16BrF2N/c1-2-13(6-3-7-17-13)8-9-11(15)5-4-10(14)12(9)16/h4-5,17H,2-3,6-8H2,1H3. The molecule has 1 N–H and O–H groups in total. The predicted octanol–water partition coefficient (Wildman–Crippen LogP) is 3.80. The van der Waals surface area contributed by atoms with Gasteiger partial charge in [0, 0.05) is 11.1 Å². The number of benzene rings is 1. The zero-order valence-electron chi connectivity index (χ0n) is 9.82. The largest absolute Gasteiger partial charge is 0.311 e. The van der Waals surface area contributed by atoms with Crippen molar-refractivity contribution in [2.24, 2.45) is 0 Å². The second kappa shape index (κ2) is 5.02. The number of hydrogen-bond acceptors (Lipinski definition) is 1. The van der Waals surface area contributed by atoms with Gasteiger partial charge in [0.25, 0.3) is 0 Å². The molecule has 1 nitrogen and oxygen atoms in total. The van der Waals surface area contributed by atoms with Crippen molar-refractivity contribution in [2.45, 2.75) is 38.1 Å². The van der Waals surface area contributed by atoms with Crippen molar-refractivity contribution < 1.29 is 8.78 Å². The van der Waals surface area contributed by atoms with Crippen LogP contribution < -0.4 is 5.32 Å². The Morgan fingerprint density at radius 1 is 1.41 bits per heavy atom. The molecular weight excluding hydrogens is 288 g/mol. The molecule has 1 unspecified atom stereocenters. The van der Waals surface area contributed by atoms with Crippen molar-refractivity contribution in [2.75, 3.05) is 6.54 Å². The molecule has 0 bridgehead atoms. The summed E-state index contributed by atoms with van der Waals surface area (Å²) >= 11 is 3.11. The molecule has 0 radical (unpaired) electrons. The maximum Gasteiger partial charge on any atom is 0.143 e. The predicted molar refractivity (Wildman–Crippen MR) is 68.0 cm³/mol. The summed E-state index contributed by atoms with van der Waals surface area (Å²) in [4.78, 5) is 0. The third-order valence-corrected chi connectivity index (χ3v) is 4.28. The molecule has 1 aromatic carbocycles. The highest BCUT2D eigenvalue weighted by Gasteiger charge is 2.33. The molecule has 17 heavy (non-hydrogen) atoms. The third kappa shape index (κ3) is 2.52. The minimum Gasteiger partial charge on any atom is -0.311 e. The van der Waals surface area contributed by atoms with E-state index in [2.05, 4.69) is 28.2 Å². The smallest absolute Gasteiger partial charge is 0.143 e. The van der Waals surface area contributed by atoms with Crippen LogP contribution in [0.4, 0.5) is 8.78 Å². The number of hydrogen-bond donors (Lipinski definition) is 1. The van der Waals surface area contributed by atoms with Gasteiger partial charge in [-0.3, -0.25) is 0 Å². The van der Waals surface area contributed by atoms with E-state index in [1.54, 1.807) is 0 Å². The van der Waals surface area contributed by atoms with Crippen molar-refractivity contribution >= 4 is 15.9 Å². The van der Waals surface area contributed by atoms with Gasteiger partial charge in [0.05, 0.1) is 4.47 Å². The first-order chi connectivity index (χ1) is 8.08. The summed E-state index contributed by atoms with van der Waals surface area (Å²) in [6.07, 6.45) is 3.36. The Balaban J connectivity index is 2.32. The molecule has 4 heteroatoms. The van der Waals surface area contributed by atoms with E-state index in [9.17, 15) is 8.78 Å². The maximum atomic E-state index is 13.9. The normalized spacial score (nSPS) is 24.2. The minimum atomic E-state index is -0.466. The molecule has 94 valence electrons. The number of halogens is 3. The van der Waals surface area contributed by atoms with Gasteiger partial charge in [0.2, 0.25) is 0 Å². The SMILES string of the molecule is CCC1(Cc2c(F)ccc(Br)c2F)CCCN1. The first-order valence-corrected chi connectivity index (χ1v) is 6.75. The van der Waals surface area contributed by atoms with E-state index in [0.29, 0.717) is 10.9 Å². The fraction of sp³-hybridized carbons (Fsp3) is 0.538.